The summed E-state index contributed by atoms with van der Waals surface area (Å²) in [5.74, 6) is 1.32. The van der Waals surface area contributed by atoms with Crippen molar-refractivity contribution in [3.8, 4) is 0 Å². The van der Waals surface area contributed by atoms with Gasteiger partial charge in [-0.3, -0.25) is 4.68 Å². The second kappa shape index (κ2) is 8.52. The molecule has 128 valence electrons. The minimum Gasteiger partial charge on any atom is -0.363 e. The highest BCUT2D eigenvalue weighted by Crippen LogP contribution is 2.25. The summed E-state index contributed by atoms with van der Waals surface area (Å²) < 4.78 is 1.74. The number of aryl methyl sites for hydroxylation is 1. The SMILES string of the molecule is CC(C)c1nn(C)c(Cl)c1CNCc1ccc(N(C)C)nc1.Cl. The number of anilines is 1. The van der Waals surface area contributed by atoms with Crippen molar-refractivity contribution in [1.29, 1.82) is 0 Å². The predicted octanol–water partition coefficient (Wildman–Crippen LogP) is 3.37. The Labute approximate surface area is 149 Å². The van der Waals surface area contributed by atoms with Crippen LogP contribution in [0.15, 0.2) is 18.3 Å². The van der Waals surface area contributed by atoms with E-state index in [9.17, 15) is 0 Å². The second-order valence-corrected chi connectivity index (χ2v) is 6.31. The largest absolute Gasteiger partial charge is 0.363 e. The summed E-state index contributed by atoms with van der Waals surface area (Å²) in [6, 6.07) is 4.11. The van der Waals surface area contributed by atoms with Crippen LogP contribution >= 0.6 is 24.0 Å². The van der Waals surface area contributed by atoms with E-state index < -0.39 is 0 Å². The lowest BCUT2D eigenvalue weighted by Crippen LogP contribution is -2.15. The van der Waals surface area contributed by atoms with E-state index in [-0.39, 0.29) is 12.4 Å². The van der Waals surface area contributed by atoms with Crippen molar-refractivity contribution < 1.29 is 0 Å². The number of hydrogen-bond acceptors (Lipinski definition) is 4. The van der Waals surface area contributed by atoms with Crippen molar-refractivity contribution in [3.63, 3.8) is 0 Å². The van der Waals surface area contributed by atoms with Crippen LogP contribution in [0.3, 0.4) is 0 Å². The zero-order chi connectivity index (χ0) is 16.3. The Bertz CT molecular complexity index is 620. The molecular formula is C16H25Cl2N5. The first-order valence-corrected chi connectivity index (χ1v) is 7.82. The summed E-state index contributed by atoms with van der Waals surface area (Å²) in [7, 11) is 5.85. The molecule has 0 fully saturated rings. The Morgan fingerprint density at radius 1 is 1.26 bits per heavy atom. The first-order valence-electron chi connectivity index (χ1n) is 7.44. The van der Waals surface area contributed by atoms with Gasteiger partial charge in [-0.05, 0) is 17.5 Å². The van der Waals surface area contributed by atoms with Crippen LogP contribution in [0.5, 0.6) is 0 Å². The number of rotatable bonds is 6. The highest BCUT2D eigenvalue weighted by molar-refractivity contribution is 6.30. The lowest BCUT2D eigenvalue weighted by Gasteiger charge is -2.12. The summed E-state index contributed by atoms with van der Waals surface area (Å²) >= 11 is 6.34. The first kappa shape index (κ1) is 19.7. The maximum atomic E-state index is 6.34. The van der Waals surface area contributed by atoms with Crippen molar-refractivity contribution in [2.45, 2.75) is 32.9 Å². The standard InChI is InChI=1S/C16H24ClN5.ClH/c1-11(2)15-13(16(17)22(5)20-15)10-18-8-12-6-7-14(19-9-12)21(3)4;/h6-7,9,11,18H,8,10H2,1-5H3;1H. The molecule has 0 unspecified atom stereocenters. The van der Waals surface area contributed by atoms with Crippen molar-refractivity contribution in [3.05, 3.63) is 40.3 Å². The molecule has 0 saturated heterocycles. The van der Waals surface area contributed by atoms with Gasteiger partial charge in [0.1, 0.15) is 11.0 Å². The Morgan fingerprint density at radius 3 is 2.48 bits per heavy atom. The van der Waals surface area contributed by atoms with Crippen molar-refractivity contribution in [2.24, 2.45) is 7.05 Å². The lowest BCUT2D eigenvalue weighted by atomic mass is 10.1. The van der Waals surface area contributed by atoms with Crippen molar-refractivity contribution in [2.75, 3.05) is 19.0 Å². The maximum Gasteiger partial charge on any atom is 0.131 e. The van der Waals surface area contributed by atoms with Gasteiger partial charge in [-0.25, -0.2) is 4.98 Å². The van der Waals surface area contributed by atoms with E-state index in [2.05, 4.69) is 35.3 Å². The van der Waals surface area contributed by atoms with Gasteiger partial charge >= 0.3 is 0 Å². The van der Waals surface area contributed by atoms with Crippen molar-refractivity contribution in [1.82, 2.24) is 20.1 Å². The average molecular weight is 358 g/mol. The maximum absolute atomic E-state index is 6.34. The van der Waals surface area contributed by atoms with Crippen molar-refractivity contribution >= 4 is 29.8 Å². The molecule has 23 heavy (non-hydrogen) atoms. The van der Waals surface area contributed by atoms with E-state index in [1.54, 1.807) is 4.68 Å². The zero-order valence-corrected chi connectivity index (χ0v) is 15.9. The molecule has 2 aromatic heterocycles. The van der Waals surface area contributed by atoms with Crippen LogP contribution in [0.4, 0.5) is 5.82 Å². The summed E-state index contributed by atoms with van der Waals surface area (Å²) in [6.45, 7) is 5.72. The lowest BCUT2D eigenvalue weighted by molar-refractivity contribution is 0.676. The minimum absolute atomic E-state index is 0. The van der Waals surface area contributed by atoms with Crippen LogP contribution in [-0.2, 0) is 20.1 Å². The topological polar surface area (TPSA) is 46.0 Å². The van der Waals surface area contributed by atoms with E-state index in [1.165, 1.54) is 0 Å². The van der Waals surface area contributed by atoms with Gasteiger partial charge in [-0.2, -0.15) is 5.10 Å². The van der Waals surface area contributed by atoms with Gasteiger partial charge in [-0.1, -0.05) is 31.5 Å². The summed E-state index contributed by atoms with van der Waals surface area (Å²) in [5.41, 5.74) is 3.29. The first-order chi connectivity index (χ1) is 10.4. The van der Waals surface area contributed by atoms with Gasteiger partial charge < -0.3 is 10.2 Å². The molecule has 0 amide bonds. The van der Waals surface area contributed by atoms with E-state index in [4.69, 9.17) is 11.6 Å². The summed E-state index contributed by atoms with van der Waals surface area (Å²) in [5, 5.41) is 8.62. The Hall–Kier alpha value is -1.30. The van der Waals surface area contributed by atoms with Gasteiger partial charge in [0.25, 0.3) is 0 Å². The average Bonchev–Trinajstić information content (AvgIpc) is 2.76. The number of pyridine rings is 1. The second-order valence-electron chi connectivity index (χ2n) is 5.96. The number of nitrogens with one attached hydrogen (secondary N) is 1. The predicted molar refractivity (Wildman–Crippen MR) is 98.7 cm³/mol. The molecule has 7 heteroatoms. The molecule has 0 atom stereocenters. The van der Waals surface area contributed by atoms with E-state index in [0.29, 0.717) is 17.6 Å². The molecule has 0 aromatic carbocycles. The summed E-state index contributed by atoms with van der Waals surface area (Å²) in [6.07, 6.45) is 1.90. The Kier molecular flexibility index (Phi) is 7.32. The van der Waals surface area contributed by atoms with Crippen LogP contribution in [-0.4, -0.2) is 28.9 Å². The monoisotopic (exact) mass is 357 g/mol. The number of aromatic nitrogens is 3. The van der Waals surface area contributed by atoms with Gasteiger partial charge in [-0.15, -0.1) is 12.4 Å². The van der Waals surface area contributed by atoms with Gasteiger partial charge in [0.05, 0.1) is 5.69 Å². The number of halogens is 2. The minimum atomic E-state index is 0. The third-order valence-corrected chi connectivity index (χ3v) is 4.02. The quantitative estimate of drug-likeness (QED) is 0.860. The molecule has 1 N–H and O–H groups in total. The van der Waals surface area contributed by atoms with Gasteiger partial charge in [0.15, 0.2) is 0 Å². The van der Waals surface area contributed by atoms with E-state index in [0.717, 1.165) is 29.2 Å². The molecule has 0 aliphatic rings. The molecule has 0 bridgehead atoms. The number of hydrogen-bond donors (Lipinski definition) is 1. The van der Waals surface area contributed by atoms with Gasteiger partial charge in [0, 0.05) is 46.0 Å². The molecule has 0 spiro atoms. The van der Waals surface area contributed by atoms with Crippen LogP contribution < -0.4 is 10.2 Å². The third kappa shape index (κ3) is 4.83. The van der Waals surface area contributed by atoms with Crippen LogP contribution in [0.25, 0.3) is 0 Å². The van der Waals surface area contributed by atoms with Crippen LogP contribution in [0.2, 0.25) is 5.15 Å². The molecule has 2 rings (SSSR count). The highest BCUT2D eigenvalue weighted by atomic mass is 35.5. The molecule has 0 aliphatic carbocycles. The number of nitrogens with zero attached hydrogens (tertiary/aromatic N) is 4. The van der Waals surface area contributed by atoms with Crippen LogP contribution in [0, 0.1) is 0 Å². The smallest absolute Gasteiger partial charge is 0.131 e. The van der Waals surface area contributed by atoms with E-state index in [1.807, 2.05) is 38.3 Å². The fourth-order valence-corrected chi connectivity index (χ4v) is 2.51. The fourth-order valence-electron chi connectivity index (χ4n) is 2.31. The highest BCUT2D eigenvalue weighted by Gasteiger charge is 2.16. The zero-order valence-electron chi connectivity index (χ0n) is 14.3. The van der Waals surface area contributed by atoms with Crippen LogP contribution in [0.1, 0.15) is 36.6 Å². The molecule has 5 nitrogen and oxygen atoms in total. The Morgan fingerprint density at radius 2 is 1.96 bits per heavy atom. The molecule has 2 heterocycles. The summed E-state index contributed by atoms with van der Waals surface area (Å²) in [4.78, 5) is 6.40. The third-order valence-electron chi connectivity index (χ3n) is 3.55. The Balaban J connectivity index is 0.00000264. The van der Waals surface area contributed by atoms with E-state index >= 15 is 0 Å². The molecule has 0 saturated carbocycles. The molecule has 0 aliphatic heterocycles. The normalized spacial score (nSPS) is 10.7. The fraction of sp³-hybridized carbons (Fsp3) is 0.500. The molecule has 0 radical (unpaired) electrons. The molecule has 2 aromatic rings. The van der Waals surface area contributed by atoms with Gasteiger partial charge in [0.2, 0.25) is 0 Å². The molecular weight excluding hydrogens is 333 g/mol.